The molecule has 0 fully saturated rings. The van der Waals surface area contributed by atoms with Crippen LogP contribution in [0.25, 0.3) is 0 Å². The van der Waals surface area contributed by atoms with Crippen LogP contribution in [0.15, 0.2) is 41.1 Å². The van der Waals surface area contributed by atoms with Crippen molar-refractivity contribution in [2.24, 2.45) is 0 Å². The van der Waals surface area contributed by atoms with Gasteiger partial charge in [-0.3, -0.25) is 14.6 Å². The molecule has 1 aliphatic heterocycles. The molecule has 1 aliphatic rings. The molecule has 0 N–H and O–H groups in total. The fourth-order valence-electron chi connectivity index (χ4n) is 2.14. The normalized spacial score (nSPS) is 13.6. The van der Waals surface area contributed by atoms with Gasteiger partial charge in [0.2, 0.25) is 0 Å². The van der Waals surface area contributed by atoms with Crippen LogP contribution >= 0.6 is 15.9 Å². The van der Waals surface area contributed by atoms with Gasteiger partial charge in [0.05, 0.1) is 23.9 Å². The van der Waals surface area contributed by atoms with Crippen molar-refractivity contribution in [3.05, 3.63) is 52.3 Å². The van der Waals surface area contributed by atoms with E-state index in [1.165, 1.54) is 19.5 Å². The third-order valence-corrected chi connectivity index (χ3v) is 3.56. The van der Waals surface area contributed by atoms with Crippen molar-refractivity contribution in [2.75, 3.05) is 12.0 Å². The average Bonchev–Trinajstić information content (AvgIpc) is 2.71. The number of nitrogens with zero attached hydrogens (tertiary/aromatic N) is 2. The number of hydrogen-bond donors (Lipinski definition) is 0. The van der Waals surface area contributed by atoms with E-state index in [0.717, 1.165) is 9.37 Å². The Labute approximate surface area is 123 Å². The topological polar surface area (TPSA) is 59.5 Å². The number of rotatable bonds is 2. The lowest BCUT2D eigenvalue weighted by atomic mass is 10.2. The molecule has 0 spiro atoms. The number of imide groups is 1. The summed E-state index contributed by atoms with van der Waals surface area (Å²) in [6, 6.07) is 6.69. The van der Waals surface area contributed by atoms with Gasteiger partial charge in [-0.1, -0.05) is 15.9 Å². The summed E-state index contributed by atoms with van der Waals surface area (Å²) in [5.74, 6) is -0.311. The van der Waals surface area contributed by atoms with Crippen molar-refractivity contribution < 1.29 is 14.3 Å². The lowest BCUT2D eigenvalue weighted by Crippen LogP contribution is -2.29. The van der Waals surface area contributed by atoms with Crippen molar-refractivity contribution in [1.82, 2.24) is 4.98 Å². The number of pyridine rings is 1. The summed E-state index contributed by atoms with van der Waals surface area (Å²) in [6.07, 6.45) is 2.89. The first-order valence-corrected chi connectivity index (χ1v) is 6.59. The molecule has 6 heteroatoms. The Kier molecular flexibility index (Phi) is 3.02. The molecule has 0 aliphatic carbocycles. The number of halogens is 1. The quantitative estimate of drug-likeness (QED) is 0.793. The van der Waals surface area contributed by atoms with E-state index in [1.807, 2.05) is 0 Å². The molecule has 1 aromatic heterocycles. The fraction of sp³-hybridized carbons (Fsp3) is 0.0714. The predicted molar refractivity (Wildman–Crippen MR) is 76.1 cm³/mol. The van der Waals surface area contributed by atoms with E-state index in [9.17, 15) is 9.59 Å². The molecule has 0 unspecified atom stereocenters. The standard InChI is InChI=1S/C14H9BrN2O3/c1-20-12-3-2-8(15)6-11(12)17-13(18)9-4-5-16-7-10(9)14(17)19/h2-7H,1H3. The number of hydrogen-bond acceptors (Lipinski definition) is 4. The second-order valence-electron chi connectivity index (χ2n) is 4.18. The molecule has 0 atom stereocenters. The number of aromatic nitrogens is 1. The summed E-state index contributed by atoms with van der Waals surface area (Å²) in [5, 5.41) is 0. The van der Waals surface area contributed by atoms with Crippen molar-refractivity contribution in [3.8, 4) is 5.75 Å². The Morgan fingerprint density at radius 2 is 1.90 bits per heavy atom. The number of amides is 2. The highest BCUT2D eigenvalue weighted by atomic mass is 79.9. The molecule has 0 saturated heterocycles. The molecule has 0 radical (unpaired) electrons. The molecular weight excluding hydrogens is 324 g/mol. The van der Waals surface area contributed by atoms with Crippen LogP contribution in [0.1, 0.15) is 20.7 Å². The molecule has 3 rings (SSSR count). The maximum absolute atomic E-state index is 12.4. The monoisotopic (exact) mass is 332 g/mol. The van der Waals surface area contributed by atoms with Crippen LogP contribution in [0.3, 0.4) is 0 Å². The highest BCUT2D eigenvalue weighted by molar-refractivity contribution is 9.10. The minimum Gasteiger partial charge on any atom is -0.495 e. The number of anilines is 1. The second kappa shape index (κ2) is 4.72. The van der Waals surface area contributed by atoms with Gasteiger partial charge >= 0.3 is 0 Å². The van der Waals surface area contributed by atoms with Crippen molar-refractivity contribution in [2.45, 2.75) is 0 Å². The van der Waals surface area contributed by atoms with E-state index in [0.29, 0.717) is 22.6 Å². The first kappa shape index (κ1) is 12.8. The Morgan fingerprint density at radius 1 is 1.15 bits per heavy atom. The van der Waals surface area contributed by atoms with Gasteiger partial charge in [-0.15, -0.1) is 0 Å². The molecule has 0 saturated carbocycles. The Balaban J connectivity index is 2.16. The smallest absolute Gasteiger partial charge is 0.267 e. The Morgan fingerprint density at radius 3 is 2.60 bits per heavy atom. The van der Waals surface area contributed by atoms with Crippen LogP contribution in [0.5, 0.6) is 5.75 Å². The number of carbonyl (C=O) groups excluding carboxylic acids is 2. The lowest BCUT2D eigenvalue weighted by Gasteiger charge is -2.17. The number of ether oxygens (including phenoxy) is 1. The second-order valence-corrected chi connectivity index (χ2v) is 5.10. The number of carbonyl (C=O) groups is 2. The van der Waals surface area contributed by atoms with E-state index < -0.39 is 5.91 Å². The van der Waals surface area contributed by atoms with Gasteiger partial charge in [0, 0.05) is 16.9 Å². The van der Waals surface area contributed by atoms with Crippen LogP contribution in [-0.2, 0) is 0 Å². The first-order valence-electron chi connectivity index (χ1n) is 5.80. The molecule has 1 aromatic carbocycles. The zero-order chi connectivity index (χ0) is 14.3. The Bertz CT molecular complexity index is 695. The van der Waals surface area contributed by atoms with Gasteiger partial charge in [0.25, 0.3) is 11.8 Å². The SMILES string of the molecule is COc1ccc(Br)cc1N1C(=O)c2ccncc2C1=O. The molecule has 2 amide bonds. The van der Waals surface area contributed by atoms with E-state index in [-0.39, 0.29) is 5.91 Å². The summed E-state index contributed by atoms with van der Waals surface area (Å²) in [6.45, 7) is 0. The van der Waals surface area contributed by atoms with Crippen molar-refractivity contribution >= 4 is 33.4 Å². The molecule has 5 nitrogen and oxygen atoms in total. The number of fused-ring (bicyclic) bond motifs is 1. The number of benzene rings is 1. The van der Waals surface area contributed by atoms with Gasteiger partial charge in [0.15, 0.2) is 0 Å². The molecule has 0 bridgehead atoms. The highest BCUT2D eigenvalue weighted by Gasteiger charge is 2.38. The van der Waals surface area contributed by atoms with Crippen LogP contribution in [0, 0.1) is 0 Å². The largest absolute Gasteiger partial charge is 0.495 e. The van der Waals surface area contributed by atoms with Gasteiger partial charge in [-0.2, -0.15) is 0 Å². The summed E-state index contributed by atoms with van der Waals surface area (Å²) in [4.78, 5) is 29.8. The minimum absolute atomic E-state index is 0.305. The third kappa shape index (κ3) is 1.80. The van der Waals surface area contributed by atoms with Gasteiger partial charge < -0.3 is 4.74 Å². The fourth-order valence-corrected chi connectivity index (χ4v) is 2.49. The molecule has 100 valence electrons. The van der Waals surface area contributed by atoms with Crippen LogP contribution in [0.4, 0.5) is 5.69 Å². The summed E-state index contributed by atoms with van der Waals surface area (Å²) in [5.41, 5.74) is 1.07. The van der Waals surface area contributed by atoms with Gasteiger partial charge in [0.1, 0.15) is 5.75 Å². The molecule has 2 heterocycles. The third-order valence-electron chi connectivity index (χ3n) is 3.07. The van der Waals surface area contributed by atoms with Crippen molar-refractivity contribution in [3.63, 3.8) is 0 Å². The average molecular weight is 333 g/mol. The van der Waals surface area contributed by atoms with Crippen LogP contribution < -0.4 is 9.64 Å². The maximum Gasteiger partial charge on any atom is 0.267 e. The summed E-state index contributed by atoms with van der Waals surface area (Å²) < 4.78 is 5.98. The van der Waals surface area contributed by atoms with Gasteiger partial charge in [-0.05, 0) is 24.3 Å². The Hall–Kier alpha value is -2.21. The summed E-state index contributed by atoms with van der Waals surface area (Å²) in [7, 11) is 1.49. The van der Waals surface area contributed by atoms with E-state index in [1.54, 1.807) is 24.3 Å². The van der Waals surface area contributed by atoms with Crippen LogP contribution in [-0.4, -0.2) is 23.9 Å². The van der Waals surface area contributed by atoms with Crippen LogP contribution in [0.2, 0.25) is 0 Å². The molecule has 2 aromatic rings. The summed E-state index contributed by atoms with van der Waals surface area (Å²) >= 11 is 3.33. The zero-order valence-electron chi connectivity index (χ0n) is 10.5. The molecular formula is C14H9BrN2O3. The van der Waals surface area contributed by atoms with E-state index in [2.05, 4.69) is 20.9 Å². The lowest BCUT2D eigenvalue weighted by molar-refractivity contribution is 0.0925. The van der Waals surface area contributed by atoms with Crippen molar-refractivity contribution in [1.29, 1.82) is 0 Å². The van der Waals surface area contributed by atoms with E-state index in [4.69, 9.17) is 4.74 Å². The molecule has 20 heavy (non-hydrogen) atoms. The predicted octanol–water partition coefficient (Wildman–Crippen LogP) is 2.65. The first-order chi connectivity index (χ1) is 9.63. The maximum atomic E-state index is 12.4. The highest BCUT2D eigenvalue weighted by Crippen LogP contribution is 2.36. The van der Waals surface area contributed by atoms with Gasteiger partial charge in [-0.25, -0.2) is 4.90 Å². The zero-order valence-corrected chi connectivity index (χ0v) is 12.0. The minimum atomic E-state index is -0.394. The van der Waals surface area contributed by atoms with E-state index >= 15 is 0 Å². The number of methoxy groups -OCH3 is 1.